The number of methoxy groups -OCH3 is 1. The van der Waals surface area contributed by atoms with Gasteiger partial charge in [0.1, 0.15) is 10.5 Å². The van der Waals surface area contributed by atoms with E-state index in [0.717, 1.165) is 4.90 Å². The average molecular weight is 587 g/mol. The SMILES string of the molecule is C=CCc1cc(/C=C2\C(=O)NC(=O)N(c3cccc(Cl)c3)C2=O)cc(OC)c1OS(=O)(=O)c1ccc(Cl)cc1. The van der Waals surface area contributed by atoms with E-state index in [4.69, 9.17) is 32.1 Å². The molecule has 0 radical (unpaired) electrons. The highest BCUT2D eigenvalue weighted by Gasteiger charge is 2.37. The molecule has 0 saturated carbocycles. The van der Waals surface area contributed by atoms with Gasteiger partial charge in [-0.2, -0.15) is 8.42 Å². The number of carbonyl (C=O) groups is 3. The van der Waals surface area contributed by atoms with E-state index in [9.17, 15) is 22.8 Å². The Bertz CT molecular complexity index is 1630. The molecule has 0 bridgehead atoms. The maximum atomic E-state index is 13.2. The smallest absolute Gasteiger partial charge is 0.339 e. The number of carbonyl (C=O) groups excluding carboxylic acids is 3. The largest absolute Gasteiger partial charge is 0.493 e. The third-order valence-electron chi connectivity index (χ3n) is 5.51. The second kappa shape index (κ2) is 11.3. The molecule has 0 atom stereocenters. The number of ether oxygens (including phenoxy) is 1. The number of urea groups is 1. The molecule has 3 aromatic rings. The molecule has 4 amide bonds. The first-order valence-corrected chi connectivity index (χ1v) is 13.4. The molecular weight excluding hydrogens is 567 g/mol. The van der Waals surface area contributed by atoms with Crippen molar-refractivity contribution in [3.8, 4) is 11.5 Å². The summed E-state index contributed by atoms with van der Waals surface area (Å²) >= 11 is 11.9. The minimum Gasteiger partial charge on any atom is -0.493 e. The zero-order chi connectivity index (χ0) is 28.3. The molecule has 4 rings (SSSR count). The normalized spacial score (nSPS) is 14.8. The highest BCUT2D eigenvalue weighted by molar-refractivity contribution is 7.87. The zero-order valence-electron chi connectivity index (χ0n) is 20.3. The number of nitrogens with one attached hydrogen (secondary N) is 1. The number of barbiturate groups is 1. The molecule has 0 aliphatic carbocycles. The molecule has 39 heavy (non-hydrogen) atoms. The molecule has 1 aliphatic heterocycles. The predicted octanol–water partition coefficient (Wildman–Crippen LogP) is 5.16. The Morgan fingerprint density at radius 3 is 2.36 bits per heavy atom. The van der Waals surface area contributed by atoms with Crippen molar-refractivity contribution >= 4 is 62.9 Å². The van der Waals surface area contributed by atoms with E-state index in [1.807, 2.05) is 0 Å². The summed E-state index contributed by atoms with van der Waals surface area (Å²) in [6.07, 6.45) is 2.94. The highest BCUT2D eigenvalue weighted by Crippen LogP contribution is 2.37. The van der Waals surface area contributed by atoms with Crippen molar-refractivity contribution in [2.75, 3.05) is 12.0 Å². The molecule has 0 spiro atoms. The van der Waals surface area contributed by atoms with Crippen LogP contribution in [0.4, 0.5) is 10.5 Å². The second-order valence-corrected chi connectivity index (χ2v) is 10.6. The Morgan fingerprint density at radius 2 is 1.72 bits per heavy atom. The van der Waals surface area contributed by atoms with E-state index in [0.29, 0.717) is 21.2 Å². The van der Waals surface area contributed by atoms with Crippen LogP contribution in [0.15, 0.2) is 83.8 Å². The van der Waals surface area contributed by atoms with Gasteiger partial charge in [0.25, 0.3) is 11.8 Å². The maximum Gasteiger partial charge on any atom is 0.339 e. The molecule has 1 fully saturated rings. The summed E-state index contributed by atoms with van der Waals surface area (Å²) in [5.74, 6) is -1.85. The van der Waals surface area contributed by atoms with E-state index >= 15 is 0 Å². The summed E-state index contributed by atoms with van der Waals surface area (Å²) in [5.41, 5.74) is 0.479. The Labute approximate surface area is 234 Å². The van der Waals surface area contributed by atoms with Crippen molar-refractivity contribution < 1.29 is 31.7 Å². The molecule has 1 saturated heterocycles. The van der Waals surface area contributed by atoms with Gasteiger partial charge in [-0.05, 0) is 72.7 Å². The monoisotopic (exact) mass is 586 g/mol. The number of hydrogen-bond donors (Lipinski definition) is 1. The van der Waals surface area contributed by atoms with E-state index < -0.39 is 28.0 Å². The molecule has 200 valence electrons. The van der Waals surface area contributed by atoms with Crippen LogP contribution in [-0.4, -0.2) is 33.4 Å². The molecule has 3 aromatic carbocycles. The van der Waals surface area contributed by atoms with Crippen molar-refractivity contribution in [3.63, 3.8) is 0 Å². The van der Waals surface area contributed by atoms with Gasteiger partial charge in [-0.15, -0.1) is 6.58 Å². The van der Waals surface area contributed by atoms with Crippen molar-refractivity contribution in [3.05, 3.63) is 100 Å². The first-order valence-electron chi connectivity index (χ1n) is 11.2. The second-order valence-electron chi connectivity index (χ2n) is 8.13. The lowest BCUT2D eigenvalue weighted by Crippen LogP contribution is -2.54. The van der Waals surface area contributed by atoms with E-state index in [2.05, 4.69) is 11.9 Å². The summed E-state index contributed by atoms with van der Waals surface area (Å²) < 4.78 is 36.7. The third-order valence-corrected chi connectivity index (χ3v) is 7.24. The minimum absolute atomic E-state index is 0.0187. The van der Waals surface area contributed by atoms with E-state index in [1.54, 1.807) is 12.1 Å². The van der Waals surface area contributed by atoms with Gasteiger partial charge in [0.15, 0.2) is 11.5 Å². The number of halogens is 2. The number of benzene rings is 3. The summed E-state index contributed by atoms with van der Waals surface area (Å²) in [7, 11) is -2.96. The number of allylic oxidation sites excluding steroid dienone is 1. The summed E-state index contributed by atoms with van der Waals surface area (Å²) in [6.45, 7) is 3.70. The topological polar surface area (TPSA) is 119 Å². The van der Waals surface area contributed by atoms with Crippen LogP contribution in [0.1, 0.15) is 11.1 Å². The predicted molar refractivity (Wildman–Crippen MR) is 147 cm³/mol. The first-order chi connectivity index (χ1) is 18.5. The number of amides is 4. The summed E-state index contributed by atoms with van der Waals surface area (Å²) in [4.78, 5) is 39.0. The maximum absolute atomic E-state index is 13.2. The quantitative estimate of drug-likeness (QED) is 0.167. The Morgan fingerprint density at radius 1 is 1.00 bits per heavy atom. The van der Waals surface area contributed by atoms with Gasteiger partial charge in [0.2, 0.25) is 0 Å². The number of rotatable bonds is 8. The van der Waals surface area contributed by atoms with Gasteiger partial charge >= 0.3 is 16.1 Å². The Hall–Kier alpha value is -4.12. The van der Waals surface area contributed by atoms with Crippen molar-refractivity contribution in [2.24, 2.45) is 0 Å². The van der Waals surface area contributed by atoms with Crippen molar-refractivity contribution in [2.45, 2.75) is 11.3 Å². The summed E-state index contributed by atoms with van der Waals surface area (Å²) in [5, 5.41) is 2.78. The van der Waals surface area contributed by atoms with Crippen molar-refractivity contribution in [1.29, 1.82) is 0 Å². The van der Waals surface area contributed by atoms with Gasteiger partial charge in [0.05, 0.1) is 12.8 Å². The van der Waals surface area contributed by atoms with Crippen LogP contribution in [0.25, 0.3) is 6.08 Å². The third kappa shape index (κ3) is 5.98. The number of anilines is 1. The van der Waals surface area contributed by atoms with Crippen LogP contribution in [0.2, 0.25) is 10.0 Å². The molecule has 1 aliphatic rings. The van der Waals surface area contributed by atoms with Crippen molar-refractivity contribution in [1.82, 2.24) is 5.32 Å². The van der Waals surface area contributed by atoms with Gasteiger partial charge in [-0.3, -0.25) is 14.9 Å². The molecule has 0 aromatic heterocycles. The van der Waals surface area contributed by atoms with E-state index in [1.165, 1.54) is 67.8 Å². The molecular formula is C27H20Cl2N2O7S. The fraction of sp³-hybridized carbons (Fsp3) is 0.0741. The van der Waals surface area contributed by atoms with E-state index in [-0.39, 0.29) is 34.1 Å². The van der Waals surface area contributed by atoms with Crippen LogP contribution in [0, 0.1) is 0 Å². The van der Waals surface area contributed by atoms with Gasteiger partial charge in [-0.25, -0.2) is 9.69 Å². The number of hydrogen-bond acceptors (Lipinski definition) is 7. The van der Waals surface area contributed by atoms with Gasteiger partial charge in [-0.1, -0.05) is 35.3 Å². The lowest BCUT2D eigenvalue weighted by Gasteiger charge is -2.26. The molecule has 9 nitrogen and oxygen atoms in total. The van der Waals surface area contributed by atoms with Crippen LogP contribution < -0.4 is 19.1 Å². The fourth-order valence-corrected chi connectivity index (χ4v) is 5.04. The average Bonchev–Trinajstić information content (AvgIpc) is 2.88. The fourth-order valence-electron chi connectivity index (χ4n) is 3.75. The van der Waals surface area contributed by atoms with Gasteiger partial charge in [0, 0.05) is 15.6 Å². The molecule has 1 heterocycles. The highest BCUT2D eigenvalue weighted by atomic mass is 35.5. The molecule has 0 unspecified atom stereocenters. The number of nitrogens with zero attached hydrogens (tertiary/aromatic N) is 1. The lowest BCUT2D eigenvalue weighted by atomic mass is 10.0. The first kappa shape index (κ1) is 27.9. The van der Waals surface area contributed by atoms with Crippen LogP contribution in [0.5, 0.6) is 11.5 Å². The van der Waals surface area contributed by atoms with Crippen LogP contribution in [0.3, 0.4) is 0 Å². The van der Waals surface area contributed by atoms with Crippen LogP contribution >= 0.6 is 23.2 Å². The van der Waals surface area contributed by atoms with Crippen LogP contribution in [-0.2, 0) is 26.1 Å². The summed E-state index contributed by atoms with van der Waals surface area (Å²) in [6, 6.07) is 13.5. The lowest BCUT2D eigenvalue weighted by molar-refractivity contribution is -0.122. The minimum atomic E-state index is -4.27. The van der Waals surface area contributed by atoms with Gasteiger partial charge < -0.3 is 8.92 Å². The Balaban J connectivity index is 1.76. The standard InChI is InChI=1S/C27H20Cl2N2O7S/c1-3-5-17-12-16(14-23(37-2)24(17)38-39(35,36)21-10-8-18(28)9-11-21)13-22-25(32)30-27(34)31(26(22)33)20-7-4-6-19(29)15-20/h3-4,6-15H,1,5H2,2H3,(H,30,32,34)/b22-13+. The number of imide groups is 2. The zero-order valence-corrected chi connectivity index (χ0v) is 22.6. The Kier molecular flexibility index (Phi) is 8.10. The molecule has 1 N–H and O–H groups in total. The molecule has 12 heteroatoms.